The van der Waals surface area contributed by atoms with Crippen molar-refractivity contribution < 1.29 is 19.1 Å². The molecule has 2 aliphatic heterocycles. The number of anilines is 1. The van der Waals surface area contributed by atoms with Gasteiger partial charge in [-0.2, -0.15) is 0 Å². The Bertz CT molecular complexity index is 1100. The van der Waals surface area contributed by atoms with Crippen LogP contribution in [0.4, 0.5) is 10.5 Å². The molecular formula is C26H24N2O4. The fourth-order valence-corrected chi connectivity index (χ4v) is 4.61. The summed E-state index contributed by atoms with van der Waals surface area (Å²) in [5.74, 6) is 0.613. The van der Waals surface area contributed by atoms with Gasteiger partial charge < -0.3 is 14.4 Å². The highest BCUT2D eigenvalue weighted by Gasteiger charge is 2.56. The van der Waals surface area contributed by atoms with Gasteiger partial charge in [0.15, 0.2) is 0 Å². The van der Waals surface area contributed by atoms with E-state index in [9.17, 15) is 9.59 Å². The van der Waals surface area contributed by atoms with E-state index in [0.717, 1.165) is 22.6 Å². The molecule has 0 saturated carbocycles. The zero-order valence-electron chi connectivity index (χ0n) is 17.8. The van der Waals surface area contributed by atoms with E-state index in [1.54, 1.807) is 16.9 Å². The Labute approximate surface area is 187 Å². The Morgan fingerprint density at radius 1 is 0.875 bits per heavy atom. The van der Waals surface area contributed by atoms with Crippen LogP contribution in [0.5, 0.6) is 5.75 Å². The van der Waals surface area contributed by atoms with Crippen molar-refractivity contribution >= 4 is 17.7 Å². The molecule has 5 rings (SSSR count). The number of hydrogen-bond acceptors (Lipinski definition) is 4. The molecule has 3 aromatic carbocycles. The van der Waals surface area contributed by atoms with Gasteiger partial charge in [-0.3, -0.25) is 9.69 Å². The fourth-order valence-electron chi connectivity index (χ4n) is 4.61. The van der Waals surface area contributed by atoms with Crippen molar-refractivity contribution in [1.29, 1.82) is 0 Å². The minimum atomic E-state index is -0.608. The summed E-state index contributed by atoms with van der Waals surface area (Å²) in [5, 5.41) is 0. The highest BCUT2D eigenvalue weighted by molar-refractivity contribution is 6.07. The molecule has 2 heterocycles. The molecule has 2 amide bonds. The number of β-lactam (4-membered cyclic amide) rings is 1. The molecule has 6 nitrogen and oxygen atoms in total. The van der Waals surface area contributed by atoms with E-state index in [2.05, 4.69) is 0 Å². The number of cyclic esters (lactones) is 1. The van der Waals surface area contributed by atoms with Crippen LogP contribution >= 0.6 is 0 Å². The zero-order chi connectivity index (χ0) is 22.1. The lowest BCUT2D eigenvalue weighted by atomic mass is 9.85. The summed E-state index contributed by atoms with van der Waals surface area (Å²) in [7, 11) is 1.61. The minimum Gasteiger partial charge on any atom is -0.497 e. The van der Waals surface area contributed by atoms with Crippen molar-refractivity contribution in [3.05, 3.63) is 96.1 Å². The Morgan fingerprint density at radius 2 is 1.53 bits per heavy atom. The summed E-state index contributed by atoms with van der Waals surface area (Å²) in [5.41, 5.74) is 2.86. The molecule has 6 heteroatoms. The van der Waals surface area contributed by atoms with Crippen LogP contribution in [0.1, 0.15) is 17.2 Å². The Hall–Kier alpha value is -3.80. The lowest BCUT2D eigenvalue weighted by molar-refractivity contribution is -0.131. The van der Waals surface area contributed by atoms with Crippen molar-refractivity contribution in [1.82, 2.24) is 4.90 Å². The van der Waals surface area contributed by atoms with Gasteiger partial charge in [-0.1, -0.05) is 60.7 Å². The van der Waals surface area contributed by atoms with Crippen molar-refractivity contribution in [3.63, 3.8) is 0 Å². The maximum Gasteiger partial charge on any atom is 0.410 e. The molecule has 0 unspecified atom stereocenters. The van der Waals surface area contributed by atoms with Crippen LogP contribution < -0.4 is 9.64 Å². The smallest absolute Gasteiger partial charge is 0.410 e. The molecule has 0 aliphatic carbocycles. The van der Waals surface area contributed by atoms with Gasteiger partial charge in [0.25, 0.3) is 5.91 Å². The number of hydrogen-bond donors (Lipinski definition) is 0. The first kappa shape index (κ1) is 20.1. The van der Waals surface area contributed by atoms with E-state index in [1.165, 1.54) is 0 Å². The monoisotopic (exact) mass is 428 g/mol. The predicted octanol–water partition coefficient (Wildman–Crippen LogP) is 4.22. The highest BCUT2D eigenvalue weighted by atomic mass is 16.6. The lowest BCUT2D eigenvalue weighted by Gasteiger charge is -2.51. The second-order valence-electron chi connectivity index (χ2n) is 8.03. The molecule has 162 valence electrons. The van der Waals surface area contributed by atoms with E-state index in [1.807, 2.05) is 84.9 Å². The van der Waals surface area contributed by atoms with Gasteiger partial charge in [0.1, 0.15) is 18.4 Å². The zero-order valence-corrected chi connectivity index (χ0v) is 17.8. The number of amides is 2. The van der Waals surface area contributed by atoms with Crippen LogP contribution in [0, 0.1) is 0 Å². The van der Waals surface area contributed by atoms with Crippen LogP contribution in [0.3, 0.4) is 0 Å². The summed E-state index contributed by atoms with van der Waals surface area (Å²) in [4.78, 5) is 29.7. The molecule has 3 atom stereocenters. The van der Waals surface area contributed by atoms with Crippen LogP contribution in [-0.2, 0) is 16.0 Å². The van der Waals surface area contributed by atoms with Crippen LogP contribution in [0.25, 0.3) is 0 Å². The number of benzene rings is 3. The van der Waals surface area contributed by atoms with Crippen molar-refractivity contribution in [2.24, 2.45) is 0 Å². The molecule has 2 aliphatic rings. The first-order valence-corrected chi connectivity index (χ1v) is 10.7. The average Bonchev–Trinajstić information content (AvgIpc) is 3.18. The van der Waals surface area contributed by atoms with Gasteiger partial charge in [-0.25, -0.2) is 4.79 Å². The molecule has 0 spiro atoms. The van der Waals surface area contributed by atoms with Gasteiger partial charge in [0, 0.05) is 5.69 Å². The first-order chi connectivity index (χ1) is 15.7. The van der Waals surface area contributed by atoms with Crippen molar-refractivity contribution in [3.8, 4) is 5.75 Å². The molecule has 0 N–H and O–H groups in total. The highest BCUT2D eigenvalue weighted by Crippen LogP contribution is 2.44. The van der Waals surface area contributed by atoms with E-state index in [-0.39, 0.29) is 24.6 Å². The van der Waals surface area contributed by atoms with Gasteiger partial charge in [0.05, 0.1) is 19.2 Å². The Morgan fingerprint density at radius 3 is 2.19 bits per heavy atom. The van der Waals surface area contributed by atoms with Gasteiger partial charge >= 0.3 is 6.09 Å². The number of carbonyl (C=O) groups is 2. The number of rotatable bonds is 6. The summed E-state index contributed by atoms with van der Waals surface area (Å²) in [6.45, 7) is 0.279. The molecule has 2 saturated heterocycles. The summed E-state index contributed by atoms with van der Waals surface area (Å²) in [6, 6.07) is 26.1. The van der Waals surface area contributed by atoms with Crippen molar-refractivity contribution in [2.75, 3.05) is 18.6 Å². The quantitative estimate of drug-likeness (QED) is 0.552. The number of carbonyl (C=O) groups excluding carboxylic acids is 2. The van der Waals surface area contributed by atoms with E-state index < -0.39 is 12.1 Å². The Balaban J connectivity index is 1.48. The third kappa shape index (κ3) is 3.47. The minimum absolute atomic E-state index is 0.110. The van der Waals surface area contributed by atoms with E-state index in [4.69, 9.17) is 9.47 Å². The molecule has 0 aromatic heterocycles. The van der Waals surface area contributed by atoms with Gasteiger partial charge in [-0.15, -0.1) is 0 Å². The number of methoxy groups -OCH3 is 1. The van der Waals surface area contributed by atoms with E-state index >= 15 is 0 Å². The molecule has 0 radical (unpaired) electrons. The summed E-state index contributed by atoms with van der Waals surface area (Å²) < 4.78 is 10.7. The second-order valence-corrected chi connectivity index (χ2v) is 8.03. The topological polar surface area (TPSA) is 59.1 Å². The number of nitrogens with zero attached hydrogens (tertiary/aromatic N) is 2. The summed E-state index contributed by atoms with van der Waals surface area (Å²) in [6.07, 6.45) is 0.208. The van der Waals surface area contributed by atoms with Gasteiger partial charge in [0.2, 0.25) is 0 Å². The van der Waals surface area contributed by atoms with Crippen LogP contribution in [0.2, 0.25) is 0 Å². The number of ether oxygens (including phenoxy) is 2. The molecule has 0 bridgehead atoms. The molecule has 2 fully saturated rings. The van der Waals surface area contributed by atoms with Crippen molar-refractivity contribution in [2.45, 2.75) is 24.5 Å². The van der Waals surface area contributed by atoms with E-state index in [0.29, 0.717) is 6.42 Å². The first-order valence-electron chi connectivity index (χ1n) is 10.7. The maximum atomic E-state index is 13.5. The summed E-state index contributed by atoms with van der Waals surface area (Å²) >= 11 is 0. The van der Waals surface area contributed by atoms with Crippen LogP contribution in [0.15, 0.2) is 84.9 Å². The van der Waals surface area contributed by atoms with Crippen LogP contribution in [-0.4, -0.2) is 42.7 Å². The van der Waals surface area contributed by atoms with Gasteiger partial charge in [-0.05, 0) is 41.8 Å². The Kier molecular flexibility index (Phi) is 5.27. The average molecular weight is 428 g/mol. The molecular weight excluding hydrogens is 404 g/mol. The predicted molar refractivity (Wildman–Crippen MR) is 121 cm³/mol. The lowest BCUT2D eigenvalue weighted by Crippen LogP contribution is -2.67. The SMILES string of the molecule is COc1ccc(N2C(=O)[C@@H](N3C(=O)OC[C@@H]3Cc3ccccc3)[C@H]2c2ccccc2)cc1. The maximum absolute atomic E-state index is 13.5. The normalized spacial score (nSPS) is 22.5. The largest absolute Gasteiger partial charge is 0.497 e. The third-order valence-corrected chi connectivity index (χ3v) is 6.18. The second kappa shape index (κ2) is 8.38. The third-order valence-electron chi connectivity index (χ3n) is 6.18. The molecule has 3 aromatic rings. The fraction of sp³-hybridized carbons (Fsp3) is 0.231. The standard InChI is InChI=1S/C26H24N2O4/c1-31-22-14-12-20(13-15-22)27-23(19-10-6-3-7-11-19)24(25(27)29)28-21(17-32-26(28)30)16-18-8-4-2-5-9-18/h2-15,21,23-24H,16-17H2,1H3/t21-,23+,24-/m0/s1. The molecule has 32 heavy (non-hydrogen) atoms.